The Labute approximate surface area is 165 Å². The zero-order valence-corrected chi connectivity index (χ0v) is 18.3. The van der Waals surface area contributed by atoms with E-state index in [4.69, 9.17) is 4.74 Å². The second kappa shape index (κ2) is 9.44. The van der Waals surface area contributed by atoms with Crippen LogP contribution in [-0.2, 0) is 19.5 Å². The maximum atomic E-state index is 5.46. The zero-order chi connectivity index (χ0) is 13.8. The van der Waals surface area contributed by atoms with Gasteiger partial charge in [0.25, 0.3) is 0 Å². The van der Waals surface area contributed by atoms with Gasteiger partial charge in [-0.3, -0.25) is 11.3 Å². The van der Waals surface area contributed by atoms with Crippen molar-refractivity contribution in [2.24, 2.45) is 0 Å². The molecule has 0 saturated heterocycles. The molecule has 1 heterocycles. The van der Waals surface area contributed by atoms with E-state index in [-0.39, 0.29) is 43.5 Å². The van der Waals surface area contributed by atoms with Gasteiger partial charge >= 0.3 is 19.5 Å². The molecule has 0 bridgehead atoms. The fourth-order valence-electron chi connectivity index (χ4n) is 2.13. The number of halogens is 1. The van der Waals surface area contributed by atoms with Crippen LogP contribution in [0, 0.1) is 5.38 Å². The summed E-state index contributed by atoms with van der Waals surface area (Å²) in [5.74, 6) is 0.919. The Kier molecular flexibility index (Phi) is 8.30. The third kappa shape index (κ3) is 4.64. The molecule has 4 heteroatoms. The summed E-state index contributed by atoms with van der Waals surface area (Å²) in [6.07, 6.45) is 0. The van der Waals surface area contributed by atoms with Gasteiger partial charge in [0, 0.05) is 0 Å². The van der Waals surface area contributed by atoms with Crippen LogP contribution in [0.2, 0.25) is 0 Å². The van der Waals surface area contributed by atoms with Gasteiger partial charge in [0.15, 0.2) is 0 Å². The van der Waals surface area contributed by atoms with Crippen molar-refractivity contribution in [2.75, 3.05) is 6.61 Å². The number of thiophene rings is 1. The van der Waals surface area contributed by atoms with E-state index in [0.29, 0.717) is 6.61 Å². The average molecular weight is 472 g/mol. The van der Waals surface area contributed by atoms with Crippen molar-refractivity contribution >= 4 is 11.3 Å². The van der Waals surface area contributed by atoms with E-state index < -0.39 is 0 Å². The summed E-state index contributed by atoms with van der Waals surface area (Å²) in [6, 6.07) is 20.9. The molecule has 2 aromatic carbocycles. The predicted octanol–water partition coefficient (Wildman–Crippen LogP) is 2.28. The number of rotatable bonds is 4. The van der Waals surface area contributed by atoms with Gasteiger partial charge in [-0.1, -0.05) is 42.0 Å². The Morgan fingerprint density at radius 1 is 0.864 bits per heavy atom. The van der Waals surface area contributed by atoms with Gasteiger partial charge in [-0.05, 0) is 30.2 Å². The topological polar surface area (TPSA) is 9.23 Å². The maximum Gasteiger partial charge on any atom is 2.00 e. The molecule has 0 aliphatic rings. The van der Waals surface area contributed by atoms with Gasteiger partial charge in [-0.25, -0.2) is 0 Å². The molecule has 3 aromatic rings. The first-order valence-electron chi connectivity index (χ1n) is 6.66. The summed E-state index contributed by atoms with van der Waals surface area (Å²) in [4.78, 5) is 1.25. The largest absolute Gasteiger partial charge is 2.00 e. The van der Waals surface area contributed by atoms with Gasteiger partial charge in [0.05, 0.1) is 6.61 Å². The standard InChI is InChI=1S/C18H15OS.HI.Zn/c1-2-19-17-11-9-15(10-12-17)14-5-7-16(8-6-14)18-4-3-13-20-18;;/h3-12H,2H2,1H3;1H;/q-1;;+2/p-1. The fraction of sp³-hybridized carbons (Fsp3) is 0.111. The second-order valence-electron chi connectivity index (χ2n) is 4.45. The van der Waals surface area contributed by atoms with Crippen molar-refractivity contribution in [3.8, 4) is 27.3 Å². The Morgan fingerprint density at radius 3 is 1.91 bits per heavy atom. The third-order valence-electron chi connectivity index (χ3n) is 3.14. The number of hydrogen-bond donors (Lipinski definition) is 0. The van der Waals surface area contributed by atoms with Crippen LogP contribution < -0.4 is 28.7 Å². The number of benzene rings is 2. The molecule has 3 rings (SSSR count). The van der Waals surface area contributed by atoms with Crippen LogP contribution in [0.3, 0.4) is 0 Å². The van der Waals surface area contributed by atoms with Crippen molar-refractivity contribution in [1.29, 1.82) is 0 Å². The molecule has 0 fully saturated rings. The maximum absolute atomic E-state index is 5.46. The summed E-state index contributed by atoms with van der Waals surface area (Å²) in [5.41, 5.74) is 3.67. The summed E-state index contributed by atoms with van der Waals surface area (Å²) in [7, 11) is 0. The first-order valence-corrected chi connectivity index (χ1v) is 7.48. The first-order chi connectivity index (χ1) is 9.86. The van der Waals surface area contributed by atoms with Crippen LogP contribution in [0.4, 0.5) is 0 Å². The van der Waals surface area contributed by atoms with Crippen LogP contribution in [-0.4, -0.2) is 6.61 Å². The minimum Gasteiger partial charge on any atom is -1.00 e. The van der Waals surface area contributed by atoms with Gasteiger partial charge in [-0.2, -0.15) is 12.1 Å². The third-order valence-corrected chi connectivity index (χ3v) is 3.99. The molecule has 0 N–H and O–H groups in total. The van der Waals surface area contributed by atoms with Crippen LogP contribution in [0.1, 0.15) is 6.92 Å². The second-order valence-corrected chi connectivity index (χ2v) is 5.33. The van der Waals surface area contributed by atoms with Crippen molar-refractivity contribution in [3.63, 3.8) is 0 Å². The Bertz CT molecular complexity index is 663. The SMILES string of the molecule is CCOc1ccc(-c2ccc(-c3cc[c-]s3)cc2)cc1.[I-].[Zn+2]. The molecule has 0 aliphatic carbocycles. The number of hydrogen-bond acceptors (Lipinski definition) is 2. The molecule has 0 atom stereocenters. The van der Waals surface area contributed by atoms with Crippen LogP contribution in [0.25, 0.3) is 21.6 Å². The van der Waals surface area contributed by atoms with Gasteiger partial charge in [-0.15, -0.1) is 10.3 Å². The Morgan fingerprint density at radius 2 is 1.41 bits per heavy atom. The summed E-state index contributed by atoms with van der Waals surface area (Å²) in [5, 5.41) is 3.12. The Balaban J connectivity index is 0.00000121. The van der Waals surface area contributed by atoms with E-state index in [1.165, 1.54) is 21.6 Å². The average Bonchev–Trinajstić information content (AvgIpc) is 3.03. The van der Waals surface area contributed by atoms with Gasteiger partial charge < -0.3 is 28.7 Å². The molecular weight excluding hydrogens is 457 g/mol. The first kappa shape index (κ1) is 19.3. The van der Waals surface area contributed by atoms with Gasteiger partial charge in [0.2, 0.25) is 0 Å². The molecule has 0 saturated carbocycles. The summed E-state index contributed by atoms with van der Waals surface area (Å²) >= 11 is 1.64. The van der Waals surface area contributed by atoms with Gasteiger partial charge in [0.1, 0.15) is 5.75 Å². The van der Waals surface area contributed by atoms with Crippen LogP contribution in [0.5, 0.6) is 5.75 Å². The van der Waals surface area contributed by atoms with E-state index in [2.05, 4.69) is 47.8 Å². The van der Waals surface area contributed by atoms with E-state index in [9.17, 15) is 0 Å². The smallest absolute Gasteiger partial charge is 1.00 e. The van der Waals surface area contributed by atoms with Crippen molar-refractivity contribution in [1.82, 2.24) is 0 Å². The molecule has 1 nitrogen and oxygen atoms in total. The predicted molar refractivity (Wildman–Crippen MR) is 85.2 cm³/mol. The molecule has 108 valence electrons. The number of ether oxygens (including phenoxy) is 1. The zero-order valence-electron chi connectivity index (χ0n) is 12.4. The Hall–Kier alpha value is -0.707. The summed E-state index contributed by atoms with van der Waals surface area (Å²) < 4.78 is 5.46. The van der Waals surface area contributed by atoms with Crippen molar-refractivity contribution in [2.45, 2.75) is 6.92 Å². The molecule has 22 heavy (non-hydrogen) atoms. The van der Waals surface area contributed by atoms with Crippen LogP contribution >= 0.6 is 11.3 Å². The molecule has 0 aliphatic heterocycles. The quantitative estimate of drug-likeness (QED) is 0.322. The van der Waals surface area contributed by atoms with E-state index >= 15 is 0 Å². The monoisotopic (exact) mass is 470 g/mol. The molecule has 0 spiro atoms. The molecule has 0 amide bonds. The normalized spacial score (nSPS) is 9.50. The van der Waals surface area contributed by atoms with Crippen LogP contribution in [0.15, 0.2) is 60.7 Å². The minimum atomic E-state index is 0. The molecule has 1 aromatic heterocycles. The molecule has 0 unspecified atom stereocenters. The van der Waals surface area contributed by atoms with Crippen molar-refractivity contribution < 1.29 is 48.2 Å². The minimum absolute atomic E-state index is 0. The van der Waals surface area contributed by atoms with E-state index in [0.717, 1.165) is 5.75 Å². The summed E-state index contributed by atoms with van der Waals surface area (Å²) in [6.45, 7) is 2.69. The fourth-order valence-corrected chi connectivity index (χ4v) is 2.79. The van der Waals surface area contributed by atoms with E-state index in [1.54, 1.807) is 11.3 Å². The van der Waals surface area contributed by atoms with E-state index in [1.807, 2.05) is 25.1 Å². The molecule has 0 radical (unpaired) electrons. The molecular formula is C18H15IOSZn. The van der Waals surface area contributed by atoms with Crippen molar-refractivity contribution in [3.05, 3.63) is 66.0 Å².